The number of hydrogen-bond acceptors (Lipinski definition) is 6. The smallest absolute Gasteiger partial charge is 0.402 e. The molecule has 0 amide bonds. The Bertz CT molecular complexity index is 1060. The number of nitrogens with one attached hydrogen (secondary N) is 1. The third kappa shape index (κ3) is 4.77. The van der Waals surface area contributed by atoms with Crippen molar-refractivity contribution in [1.82, 2.24) is 19.9 Å². The number of imidazole rings is 1. The van der Waals surface area contributed by atoms with Crippen molar-refractivity contribution in [1.29, 1.82) is 0 Å². The normalized spacial score (nSPS) is 24.8. The molecule has 0 radical (unpaired) electrons. The maximum Gasteiger partial charge on any atom is 0.494 e. The molecule has 2 aromatic heterocycles. The average molecular weight is 476 g/mol. The summed E-state index contributed by atoms with van der Waals surface area (Å²) in [5.41, 5.74) is 4.01. The zero-order chi connectivity index (χ0) is 22.7. The number of thioether (sulfide) groups is 1. The fourth-order valence-corrected chi connectivity index (χ4v) is 6.99. The van der Waals surface area contributed by atoms with Gasteiger partial charge in [-0.3, -0.25) is 0 Å². The van der Waals surface area contributed by atoms with E-state index in [2.05, 4.69) is 44.2 Å². The zero-order valence-corrected chi connectivity index (χ0v) is 20.5. The lowest BCUT2D eigenvalue weighted by atomic mass is 9.77. The van der Waals surface area contributed by atoms with Crippen molar-refractivity contribution in [2.24, 2.45) is 11.8 Å². The summed E-state index contributed by atoms with van der Waals surface area (Å²) in [5, 5.41) is 0.906. The molecular formula is C26H33BN4O2S. The van der Waals surface area contributed by atoms with Gasteiger partial charge in [0.15, 0.2) is 5.65 Å². The van der Waals surface area contributed by atoms with E-state index in [4.69, 9.17) is 9.31 Å². The van der Waals surface area contributed by atoms with E-state index in [0.29, 0.717) is 11.8 Å². The Morgan fingerprint density at radius 2 is 1.47 bits per heavy atom. The molecule has 178 valence electrons. The van der Waals surface area contributed by atoms with Gasteiger partial charge in [0.25, 0.3) is 0 Å². The Morgan fingerprint density at radius 1 is 0.824 bits per heavy atom. The Kier molecular flexibility index (Phi) is 6.89. The predicted molar refractivity (Wildman–Crippen MR) is 136 cm³/mol. The van der Waals surface area contributed by atoms with Gasteiger partial charge < -0.3 is 14.3 Å². The van der Waals surface area contributed by atoms with Gasteiger partial charge in [-0.15, -0.1) is 0 Å². The highest BCUT2D eigenvalue weighted by Crippen LogP contribution is 2.40. The first-order valence-electron chi connectivity index (χ1n) is 13.0. The quantitative estimate of drug-likeness (QED) is 0.296. The van der Waals surface area contributed by atoms with Crippen LogP contribution in [0.15, 0.2) is 41.9 Å². The number of aromatic nitrogens is 4. The molecule has 3 aliphatic rings. The van der Waals surface area contributed by atoms with Crippen LogP contribution in [0.1, 0.15) is 69.8 Å². The molecule has 8 heteroatoms. The second-order valence-corrected chi connectivity index (χ2v) is 11.1. The summed E-state index contributed by atoms with van der Waals surface area (Å²) in [6.07, 6.45) is 17.1. The van der Waals surface area contributed by atoms with Crippen LogP contribution < -0.4 is 5.46 Å². The molecule has 1 saturated heterocycles. The summed E-state index contributed by atoms with van der Waals surface area (Å²) in [5.74, 6) is 2.15. The SMILES string of the molecule is c1nc(SCc2ccc(B3OC(C4CCCCC4)C(C4CCCCC4)O3)cc2)c2nc[nH]c2n1. The van der Waals surface area contributed by atoms with Crippen molar-refractivity contribution in [2.75, 3.05) is 0 Å². The van der Waals surface area contributed by atoms with Gasteiger partial charge in [-0.1, -0.05) is 74.6 Å². The first-order valence-corrected chi connectivity index (χ1v) is 14.0. The van der Waals surface area contributed by atoms with Crippen LogP contribution in [0.25, 0.3) is 11.2 Å². The molecule has 6 nitrogen and oxygen atoms in total. The molecule has 6 rings (SSSR count). The number of rotatable bonds is 6. The molecule has 1 aliphatic heterocycles. The van der Waals surface area contributed by atoms with Gasteiger partial charge in [-0.2, -0.15) is 0 Å². The molecule has 0 spiro atoms. The largest absolute Gasteiger partial charge is 0.494 e. The van der Waals surface area contributed by atoms with Crippen molar-refractivity contribution in [3.63, 3.8) is 0 Å². The molecule has 2 aliphatic carbocycles. The fraction of sp³-hybridized carbons (Fsp3) is 0.577. The van der Waals surface area contributed by atoms with E-state index in [9.17, 15) is 0 Å². The van der Waals surface area contributed by atoms with Gasteiger partial charge in [-0.05, 0) is 48.5 Å². The molecule has 0 bridgehead atoms. The highest BCUT2D eigenvalue weighted by molar-refractivity contribution is 7.98. The zero-order valence-electron chi connectivity index (χ0n) is 19.7. The molecule has 3 aromatic rings. The predicted octanol–water partition coefficient (Wildman–Crippen LogP) is 5.29. The Hall–Kier alpha value is -1.90. The molecular weight excluding hydrogens is 443 g/mol. The second-order valence-electron chi connectivity index (χ2n) is 10.1. The Balaban J connectivity index is 1.13. The van der Waals surface area contributed by atoms with Crippen molar-refractivity contribution >= 4 is 35.5 Å². The average Bonchev–Trinajstić information content (AvgIpc) is 3.57. The van der Waals surface area contributed by atoms with Crippen LogP contribution >= 0.6 is 11.8 Å². The number of fused-ring (bicyclic) bond motifs is 1. The minimum Gasteiger partial charge on any atom is -0.402 e. The molecule has 1 aromatic carbocycles. The topological polar surface area (TPSA) is 72.9 Å². The minimum absolute atomic E-state index is 0.230. The van der Waals surface area contributed by atoms with Crippen LogP contribution in [-0.2, 0) is 15.1 Å². The van der Waals surface area contributed by atoms with Crippen molar-refractivity contribution in [3.05, 3.63) is 42.5 Å². The van der Waals surface area contributed by atoms with Crippen molar-refractivity contribution in [2.45, 2.75) is 87.2 Å². The van der Waals surface area contributed by atoms with Gasteiger partial charge in [0.2, 0.25) is 0 Å². The molecule has 3 fully saturated rings. The lowest BCUT2D eigenvalue weighted by Gasteiger charge is -2.35. The van der Waals surface area contributed by atoms with Crippen LogP contribution in [0.5, 0.6) is 0 Å². The highest BCUT2D eigenvalue weighted by Gasteiger charge is 2.47. The summed E-state index contributed by atoms with van der Waals surface area (Å²) in [4.78, 5) is 16.0. The molecule has 1 N–H and O–H groups in total. The highest BCUT2D eigenvalue weighted by atomic mass is 32.2. The summed E-state index contributed by atoms with van der Waals surface area (Å²) < 4.78 is 13.4. The van der Waals surface area contributed by atoms with Crippen LogP contribution in [0.4, 0.5) is 0 Å². The number of nitrogens with zero attached hydrogens (tertiary/aromatic N) is 3. The fourth-order valence-electron chi connectivity index (χ4n) is 6.08. The van der Waals surface area contributed by atoms with Gasteiger partial charge in [0, 0.05) is 5.75 Å². The van der Waals surface area contributed by atoms with E-state index in [1.54, 1.807) is 24.4 Å². The van der Waals surface area contributed by atoms with Crippen LogP contribution in [0.3, 0.4) is 0 Å². The molecule has 2 saturated carbocycles. The lowest BCUT2D eigenvalue weighted by Crippen LogP contribution is -2.38. The van der Waals surface area contributed by atoms with E-state index in [-0.39, 0.29) is 19.3 Å². The van der Waals surface area contributed by atoms with Gasteiger partial charge >= 0.3 is 7.12 Å². The van der Waals surface area contributed by atoms with E-state index in [1.165, 1.54) is 69.8 Å². The Morgan fingerprint density at radius 3 is 2.12 bits per heavy atom. The standard InChI is InChI=1S/C26H33BN4O2S/c1-3-7-19(8-4-1)23-24(20-9-5-2-6-10-20)33-27(32-23)21-13-11-18(12-14-21)15-34-26-22-25(29-16-28-22)30-17-31-26/h11-14,16-17,19-20,23-24H,1-10,15H2,(H,28,29,30,31). The van der Waals surface area contributed by atoms with Gasteiger partial charge in [-0.25, -0.2) is 15.0 Å². The van der Waals surface area contributed by atoms with E-state index in [1.807, 2.05) is 0 Å². The Labute approximate surface area is 206 Å². The molecule has 2 unspecified atom stereocenters. The van der Waals surface area contributed by atoms with Crippen LogP contribution in [-0.4, -0.2) is 39.3 Å². The number of benzene rings is 1. The molecule has 3 heterocycles. The summed E-state index contributed by atoms with van der Waals surface area (Å²) in [6, 6.07) is 8.76. The maximum absolute atomic E-state index is 6.71. The van der Waals surface area contributed by atoms with Gasteiger partial charge in [0.05, 0.1) is 18.5 Å². The second kappa shape index (κ2) is 10.4. The summed E-state index contributed by atoms with van der Waals surface area (Å²) >= 11 is 1.69. The third-order valence-electron chi connectivity index (χ3n) is 7.93. The maximum atomic E-state index is 6.71. The lowest BCUT2D eigenvalue weighted by molar-refractivity contribution is 0.0324. The van der Waals surface area contributed by atoms with E-state index >= 15 is 0 Å². The number of H-pyrrole nitrogens is 1. The van der Waals surface area contributed by atoms with E-state index in [0.717, 1.165) is 27.4 Å². The third-order valence-corrected chi connectivity index (χ3v) is 8.98. The molecule has 2 atom stereocenters. The van der Waals surface area contributed by atoms with Crippen LogP contribution in [0.2, 0.25) is 0 Å². The minimum atomic E-state index is -0.230. The monoisotopic (exact) mass is 476 g/mol. The van der Waals surface area contributed by atoms with Crippen LogP contribution in [0, 0.1) is 11.8 Å². The first kappa shape index (κ1) is 22.6. The van der Waals surface area contributed by atoms with Crippen molar-refractivity contribution in [3.8, 4) is 0 Å². The number of hydrogen-bond donors (Lipinski definition) is 1. The summed E-state index contributed by atoms with van der Waals surface area (Å²) in [7, 11) is -0.230. The first-order chi connectivity index (χ1) is 16.8. The number of aromatic amines is 1. The molecule has 34 heavy (non-hydrogen) atoms. The summed E-state index contributed by atoms with van der Waals surface area (Å²) in [6.45, 7) is 0. The van der Waals surface area contributed by atoms with Crippen molar-refractivity contribution < 1.29 is 9.31 Å². The van der Waals surface area contributed by atoms with Gasteiger partial charge in [0.1, 0.15) is 16.9 Å². The van der Waals surface area contributed by atoms with E-state index < -0.39 is 0 Å².